The van der Waals surface area contributed by atoms with Crippen molar-refractivity contribution in [3.63, 3.8) is 0 Å². The lowest BCUT2D eigenvalue weighted by Crippen LogP contribution is -2.57. The first-order valence-electron chi connectivity index (χ1n) is 6.38. The summed E-state index contributed by atoms with van der Waals surface area (Å²) in [6.45, 7) is 7.32. The number of carbonyl (C=O) groups excluding carboxylic acids is 2. The molecule has 6 nitrogen and oxygen atoms in total. The van der Waals surface area contributed by atoms with Crippen LogP contribution < -0.4 is 5.32 Å². The van der Waals surface area contributed by atoms with E-state index in [1.54, 1.807) is 4.90 Å². The summed E-state index contributed by atoms with van der Waals surface area (Å²) in [6.07, 6.45) is 0.666. The summed E-state index contributed by atoms with van der Waals surface area (Å²) >= 11 is 0. The zero-order chi connectivity index (χ0) is 13.1. The Kier molecular flexibility index (Phi) is 2.13. The summed E-state index contributed by atoms with van der Waals surface area (Å²) in [5, 5.41) is 2.94. The van der Waals surface area contributed by atoms with Crippen molar-refractivity contribution in [1.82, 2.24) is 15.1 Å². The Bertz CT molecular complexity index is 417. The fraction of sp³-hybridized carbons (Fsp3) is 0.833. The molecule has 0 radical (unpaired) electrons. The molecule has 100 valence electrons. The Morgan fingerprint density at radius 1 is 1.44 bits per heavy atom. The first-order chi connectivity index (χ1) is 8.32. The second-order valence-corrected chi connectivity index (χ2v) is 6.36. The molecule has 3 amide bonds. The molecule has 1 saturated carbocycles. The van der Waals surface area contributed by atoms with Crippen LogP contribution in [0.3, 0.4) is 0 Å². The standard InChI is InChI=1S/C12H19N3O3/c1-11(2,3)18-10(17)14-4-5-15-9(16)13-8-6-12(8,15)7-14/h8H,4-7H2,1-3H3,(H,13,16)/t8?,12-/m1/s1. The predicted molar refractivity (Wildman–Crippen MR) is 64.2 cm³/mol. The SMILES string of the molecule is CC(C)(C)OC(=O)N1CCN2C(=O)NC3C[C@@]32C1. The zero-order valence-corrected chi connectivity index (χ0v) is 11.0. The molecule has 0 aromatic heterocycles. The Balaban J connectivity index is 1.68. The number of nitrogens with zero attached hydrogens (tertiary/aromatic N) is 2. The molecule has 3 aliphatic rings. The van der Waals surface area contributed by atoms with Crippen molar-refractivity contribution in [1.29, 1.82) is 0 Å². The van der Waals surface area contributed by atoms with Gasteiger partial charge >= 0.3 is 12.1 Å². The smallest absolute Gasteiger partial charge is 0.410 e. The van der Waals surface area contributed by atoms with Crippen LogP contribution in [0.5, 0.6) is 0 Å². The maximum atomic E-state index is 12.0. The van der Waals surface area contributed by atoms with Crippen molar-refractivity contribution in [2.24, 2.45) is 0 Å². The van der Waals surface area contributed by atoms with E-state index in [2.05, 4.69) is 5.32 Å². The van der Waals surface area contributed by atoms with Crippen LogP contribution in [0.15, 0.2) is 0 Å². The number of urea groups is 1. The van der Waals surface area contributed by atoms with Crippen molar-refractivity contribution in [3.8, 4) is 0 Å². The Hall–Kier alpha value is -1.46. The van der Waals surface area contributed by atoms with E-state index in [0.29, 0.717) is 19.6 Å². The van der Waals surface area contributed by atoms with Crippen LogP contribution in [0.25, 0.3) is 0 Å². The predicted octanol–water partition coefficient (Wildman–Crippen LogP) is 0.773. The number of carbonyl (C=O) groups is 2. The Morgan fingerprint density at radius 3 is 2.83 bits per heavy atom. The highest BCUT2D eigenvalue weighted by molar-refractivity contribution is 5.82. The van der Waals surface area contributed by atoms with Crippen molar-refractivity contribution in [2.45, 2.75) is 44.4 Å². The van der Waals surface area contributed by atoms with Gasteiger partial charge in [0, 0.05) is 19.6 Å². The lowest BCUT2D eigenvalue weighted by Gasteiger charge is -2.39. The second kappa shape index (κ2) is 3.30. The highest BCUT2D eigenvalue weighted by Gasteiger charge is 2.67. The van der Waals surface area contributed by atoms with E-state index >= 15 is 0 Å². The van der Waals surface area contributed by atoms with E-state index in [1.165, 1.54) is 0 Å². The zero-order valence-electron chi connectivity index (χ0n) is 11.0. The first-order valence-corrected chi connectivity index (χ1v) is 6.38. The van der Waals surface area contributed by atoms with Crippen LogP contribution in [0, 0.1) is 0 Å². The Labute approximate surface area is 106 Å². The van der Waals surface area contributed by atoms with Gasteiger partial charge in [0.15, 0.2) is 0 Å². The molecule has 1 spiro atoms. The van der Waals surface area contributed by atoms with Crippen LogP contribution in [-0.4, -0.2) is 58.7 Å². The van der Waals surface area contributed by atoms with E-state index in [4.69, 9.17) is 4.74 Å². The van der Waals surface area contributed by atoms with Gasteiger partial charge in [-0.2, -0.15) is 0 Å². The van der Waals surface area contributed by atoms with Gasteiger partial charge in [-0.1, -0.05) is 0 Å². The maximum Gasteiger partial charge on any atom is 0.410 e. The van der Waals surface area contributed by atoms with Gasteiger partial charge in [0.05, 0.1) is 11.6 Å². The molecule has 1 unspecified atom stereocenters. The van der Waals surface area contributed by atoms with Crippen LogP contribution in [0.4, 0.5) is 9.59 Å². The van der Waals surface area contributed by atoms with Gasteiger partial charge in [-0.15, -0.1) is 0 Å². The van der Waals surface area contributed by atoms with Crippen LogP contribution in [0.2, 0.25) is 0 Å². The summed E-state index contributed by atoms with van der Waals surface area (Å²) in [4.78, 5) is 27.3. The molecule has 2 saturated heterocycles. The molecule has 6 heteroatoms. The van der Waals surface area contributed by atoms with Crippen molar-refractivity contribution in [3.05, 3.63) is 0 Å². The molecule has 0 aromatic rings. The lowest BCUT2D eigenvalue weighted by molar-refractivity contribution is 0.00838. The minimum Gasteiger partial charge on any atom is -0.444 e. The largest absolute Gasteiger partial charge is 0.444 e. The molecular formula is C12H19N3O3. The van der Waals surface area contributed by atoms with Gasteiger partial charge in [0.25, 0.3) is 0 Å². The molecule has 3 rings (SSSR count). The van der Waals surface area contributed by atoms with Crippen molar-refractivity contribution < 1.29 is 14.3 Å². The minimum atomic E-state index is -0.474. The highest BCUT2D eigenvalue weighted by atomic mass is 16.6. The first kappa shape index (κ1) is 11.6. The van der Waals surface area contributed by atoms with E-state index in [9.17, 15) is 9.59 Å². The normalized spacial score (nSPS) is 33.7. The molecule has 2 heterocycles. The van der Waals surface area contributed by atoms with E-state index in [1.807, 2.05) is 25.7 Å². The van der Waals surface area contributed by atoms with E-state index in [0.717, 1.165) is 6.42 Å². The van der Waals surface area contributed by atoms with Gasteiger partial charge in [0.2, 0.25) is 0 Å². The van der Waals surface area contributed by atoms with E-state index < -0.39 is 5.60 Å². The number of rotatable bonds is 0. The topological polar surface area (TPSA) is 61.9 Å². The summed E-state index contributed by atoms with van der Waals surface area (Å²) in [6, 6.07) is 0.227. The molecule has 0 bridgehead atoms. The third-order valence-electron chi connectivity index (χ3n) is 3.84. The maximum absolute atomic E-state index is 12.0. The third-order valence-corrected chi connectivity index (χ3v) is 3.84. The van der Waals surface area contributed by atoms with Gasteiger partial charge in [-0.05, 0) is 27.2 Å². The fourth-order valence-electron chi connectivity index (χ4n) is 2.90. The quantitative estimate of drug-likeness (QED) is 0.693. The highest BCUT2D eigenvalue weighted by Crippen LogP contribution is 2.48. The van der Waals surface area contributed by atoms with Gasteiger partial charge in [-0.3, -0.25) is 0 Å². The molecule has 18 heavy (non-hydrogen) atoms. The van der Waals surface area contributed by atoms with E-state index in [-0.39, 0.29) is 23.7 Å². The second-order valence-electron chi connectivity index (χ2n) is 6.36. The monoisotopic (exact) mass is 253 g/mol. The summed E-state index contributed by atoms with van der Waals surface area (Å²) in [5.74, 6) is 0. The summed E-state index contributed by atoms with van der Waals surface area (Å²) < 4.78 is 5.38. The molecular weight excluding hydrogens is 234 g/mol. The average Bonchev–Trinajstić information content (AvgIpc) is 2.80. The number of piperazine rings is 1. The average molecular weight is 253 g/mol. The number of hydrogen-bond donors (Lipinski definition) is 1. The fourth-order valence-corrected chi connectivity index (χ4v) is 2.90. The molecule has 1 N–H and O–H groups in total. The van der Waals surface area contributed by atoms with Crippen LogP contribution in [-0.2, 0) is 4.74 Å². The third kappa shape index (κ3) is 1.62. The molecule has 3 fully saturated rings. The number of hydrogen-bond acceptors (Lipinski definition) is 3. The number of ether oxygens (including phenoxy) is 1. The molecule has 0 aromatic carbocycles. The number of amides is 3. The van der Waals surface area contributed by atoms with Crippen molar-refractivity contribution >= 4 is 12.1 Å². The molecule has 2 aliphatic heterocycles. The Morgan fingerprint density at radius 2 is 2.17 bits per heavy atom. The number of nitrogens with one attached hydrogen (secondary N) is 1. The minimum absolute atomic E-state index is 0.00934. The lowest BCUT2D eigenvalue weighted by atomic mass is 10.1. The summed E-state index contributed by atoms with van der Waals surface area (Å²) in [7, 11) is 0. The summed E-state index contributed by atoms with van der Waals surface area (Å²) in [5.41, 5.74) is -0.620. The van der Waals surface area contributed by atoms with Crippen molar-refractivity contribution in [2.75, 3.05) is 19.6 Å². The van der Waals surface area contributed by atoms with Gasteiger partial charge in [-0.25, -0.2) is 9.59 Å². The van der Waals surface area contributed by atoms with Crippen LogP contribution in [0.1, 0.15) is 27.2 Å². The van der Waals surface area contributed by atoms with Crippen LogP contribution >= 0.6 is 0 Å². The molecule has 1 aliphatic carbocycles. The van der Waals surface area contributed by atoms with Gasteiger partial charge < -0.3 is 19.9 Å². The molecule has 2 atom stereocenters. The van der Waals surface area contributed by atoms with Gasteiger partial charge in [0.1, 0.15) is 5.60 Å².